The molecule has 4 rings (SSSR count). The minimum absolute atomic E-state index is 0.187. The van der Waals surface area contributed by atoms with Crippen LogP contribution in [0.4, 0.5) is 11.6 Å². The number of H-pyrrole nitrogens is 1. The topological polar surface area (TPSA) is 111 Å². The van der Waals surface area contributed by atoms with Gasteiger partial charge in [0.05, 0.1) is 23.9 Å². The van der Waals surface area contributed by atoms with Gasteiger partial charge in [-0.2, -0.15) is 10.2 Å². The van der Waals surface area contributed by atoms with Gasteiger partial charge in [-0.3, -0.25) is 20.2 Å². The zero-order chi connectivity index (χ0) is 18.6. The number of nitrogens with one attached hydrogen (secondary N) is 2. The summed E-state index contributed by atoms with van der Waals surface area (Å²) in [4.78, 5) is 23.9. The van der Waals surface area contributed by atoms with E-state index in [1.54, 1.807) is 24.0 Å². The highest BCUT2D eigenvalue weighted by Gasteiger charge is 2.20. The lowest BCUT2D eigenvalue weighted by molar-refractivity contribution is -0.115. The minimum atomic E-state index is -0.205. The zero-order valence-electron chi connectivity index (χ0n) is 14.2. The number of carbonyl (C=O) groups excluding carboxylic acids is 1. The van der Waals surface area contributed by atoms with Crippen molar-refractivity contribution >= 4 is 29.3 Å². The number of nitriles is 1. The Balaban J connectivity index is 1.44. The van der Waals surface area contributed by atoms with Crippen molar-refractivity contribution in [1.29, 1.82) is 5.26 Å². The minimum Gasteiger partial charge on any atom is -0.360 e. The van der Waals surface area contributed by atoms with E-state index in [2.05, 4.69) is 31.6 Å². The Morgan fingerprint density at radius 1 is 1.37 bits per heavy atom. The number of nitrogens with zero attached hydrogens (tertiary/aromatic N) is 5. The van der Waals surface area contributed by atoms with Crippen LogP contribution >= 0.6 is 11.8 Å². The van der Waals surface area contributed by atoms with Crippen LogP contribution in [0.25, 0.3) is 11.5 Å². The number of fused-ring (bicyclic) bond motifs is 1. The summed E-state index contributed by atoms with van der Waals surface area (Å²) < 4.78 is 0. The number of amides is 1. The number of carbonyl (C=O) groups is 1. The van der Waals surface area contributed by atoms with Crippen LogP contribution < -0.4 is 10.2 Å². The lowest BCUT2D eigenvalue weighted by atomic mass is 10.2. The van der Waals surface area contributed by atoms with E-state index < -0.39 is 0 Å². The second-order valence-corrected chi connectivity index (χ2v) is 6.97. The molecule has 0 bridgehead atoms. The molecule has 0 radical (unpaired) electrons. The Morgan fingerprint density at radius 3 is 3.11 bits per heavy atom. The van der Waals surface area contributed by atoms with Gasteiger partial charge in [-0.05, 0) is 30.3 Å². The molecule has 0 saturated heterocycles. The molecule has 134 valence electrons. The third-order valence-corrected chi connectivity index (χ3v) is 5.05. The van der Waals surface area contributed by atoms with E-state index in [1.807, 2.05) is 35.2 Å². The van der Waals surface area contributed by atoms with Crippen molar-refractivity contribution in [3.63, 3.8) is 0 Å². The number of pyridine rings is 1. The summed E-state index contributed by atoms with van der Waals surface area (Å²) in [6.07, 6.45) is 1.67. The highest BCUT2D eigenvalue weighted by molar-refractivity contribution is 7.99. The molecule has 27 heavy (non-hydrogen) atoms. The first-order valence-electron chi connectivity index (χ1n) is 8.28. The molecule has 0 aliphatic carbocycles. The SMILES string of the molecule is N#Cc1ccc2c(c1)SCCN2CC(=O)Nc1n[nH]c(-c2ccccn2)n1. The molecular weight excluding hydrogens is 362 g/mol. The number of benzene rings is 1. The van der Waals surface area contributed by atoms with E-state index >= 15 is 0 Å². The van der Waals surface area contributed by atoms with E-state index in [9.17, 15) is 4.79 Å². The number of anilines is 2. The van der Waals surface area contributed by atoms with Crippen molar-refractivity contribution in [3.05, 3.63) is 48.2 Å². The van der Waals surface area contributed by atoms with Gasteiger partial charge in [0.25, 0.3) is 0 Å². The number of hydrogen-bond acceptors (Lipinski definition) is 7. The average Bonchev–Trinajstić information content (AvgIpc) is 3.16. The van der Waals surface area contributed by atoms with Crippen LogP contribution in [0.2, 0.25) is 0 Å². The largest absolute Gasteiger partial charge is 0.360 e. The maximum absolute atomic E-state index is 12.4. The van der Waals surface area contributed by atoms with Crippen molar-refractivity contribution in [2.24, 2.45) is 0 Å². The smallest absolute Gasteiger partial charge is 0.249 e. The van der Waals surface area contributed by atoms with Gasteiger partial charge in [0.2, 0.25) is 11.9 Å². The molecule has 9 heteroatoms. The number of aromatic nitrogens is 4. The molecule has 3 aromatic rings. The Morgan fingerprint density at radius 2 is 2.30 bits per heavy atom. The highest BCUT2D eigenvalue weighted by atomic mass is 32.2. The normalized spacial score (nSPS) is 12.9. The summed E-state index contributed by atoms with van der Waals surface area (Å²) in [7, 11) is 0. The highest BCUT2D eigenvalue weighted by Crippen LogP contribution is 2.35. The molecule has 2 aromatic heterocycles. The fourth-order valence-corrected chi connectivity index (χ4v) is 3.87. The van der Waals surface area contributed by atoms with E-state index in [4.69, 9.17) is 5.26 Å². The molecule has 8 nitrogen and oxygen atoms in total. The van der Waals surface area contributed by atoms with Gasteiger partial charge in [0, 0.05) is 23.4 Å². The van der Waals surface area contributed by atoms with E-state index in [0.717, 1.165) is 22.9 Å². The van der Waals surface area contributed by atoms with E-state index in [-0.39, 0.29) is 18.4 Å². The molecule has 2 N–H and O–H groups in total. The third kappa shape index (κ3) is 3.75. The summed E-state index contributed by atoms with van der Waals surface area (Å²) in [5.74, 6) is 1.37. The van der Waals surface area contributed by atoms with Crippen molar-refractivity contribution in [3.8, 4) is 17.6 Å². The van der Waals surface area contributed by atoms with E-state index in [0.29, 0.717) is 17.1 Å². The third-order valence-electron chi connectivity index (χ3n) is 4.03. The van der Waals surface area contributed by atoms with Crippen LogP contribution in [0.3, 0.4) is 0 Å². The van der Waals surface area contributed by atoms with Crippen molar-refractivity contribution in [1.82, 2.24) is 20.2 Å². The molecule has 1 aromatic carbocycles. The maximum atomic E-state index is 12.4. The first-order chi connectivity index (χ1) is 13.2. The summed E-state index contributed by atoms with van der Waals surface area (Å²) in [5.41, 5.74) is 2.24. The molecular formula is C18H15N7OS. The predicted molar refractivity (Wildman–Crippen MR) is 102 cm³/mol. The Kier molecular flexibility index (Phi) is 4.72. The van der Waals surface area contributed by atoms with Gasteiger partial charge < -0.3 is 4.90 Å². The van der Waals surface area contributed by atoms with Crippen LogP contribution in [0.5, 0.6) is 0 Å². The van der Waals surface area contributed by atoms with E-state index in [1.165, 1.54) is 0 Å². The molecule has 0 unspecified atom stereocenters. The van der Waals surface area contributed by atoms with Gasteiger partial charge in [0.15, 0.2) is 5.82 Å². The lowest BCUT2D eigenvalue weighted by Gasteiger charge is -2.30. The van der Waals surface area contributed by atoms with Gasteiger partial charge in [-0.15, -0.1) is 16.9 Å². The Labute approximate surface area is 159 Å². The van der Waals surface area contributed by atoms with Crippen molar-refractivity contribution in [2.75, 3.05) is 29.1 Å². The summed E-state index contributed by atoms with van der Waals surface area (Å²) >= 11 is 1.69. The molecule has 0 atom stereocenters. The fraction of sp³-hybridized carbons (Fsp3) is 0.167. The molecule has 3 heterocycles. The molecule has 0 saturated carbocycles. The molecule has 0 spiro atoms. The second-order valence-electron chi connectivity index (χ2n) is 5.84. The molecule has 1 aliphatic rings. The first-order valence-corrected chi connectivity index (χ1v) is 9.27. The first kappa shape index (κ1) is 17.1. The predicted octanol–water partition coefficient (Wildman–Crippen LogP) is 2.29. The quantitative estimate of drug-likeness (QED) is 0.717. The maximum Gasteiger partial charge on any atom is 0.249 e. The summed E-state index contributed by atoms with van der Waals surface area (Å²) in [6.45, 7) is 0.942. The fourth-order valence-electron chi connectivity index (χ4n) is 2.78. The van der Waals surface area contributed by atoms with Crippen molar-refractivity contribution < 1.29 is 4.79 Å². The number of thioether (sulfide) groups is 1. The Bertz CT molecular complexity index is 1010. The average molecular weight is 377 g/mol. The number of aromatic amines is 1. The summed E-state index contributed by atoms with van der Waals surface area (Å²) in [6, 6.07) is 13.1. The number of hydrogen-bond donors (Lipinski definition) is 2. The second kappa shape index (κ2) is 7.47. The van der Waals surface area contributed by atoms with Crippen LogP contribution in [0, 0.1) is 11.3 Å². The zero-order valence-corrected chi connectivity index (χ0v) is 15.0. The molecule has 0 fully saturated rings. The van der Waals surface area contributed by atoms with Gasteiger partial charge in [-0.25, -0.2) is 0 Å². The molecule has 1 aliphatic heterocycles. The number of rotatable bonds is 4. The lowest BCUT2D eigenvalue weighted by Crippen LogP contribution is -2.37. The summed E-state index contributed by atoms with van der Waals surface area (Å²) in [5, 5.41) is 18.6. The van der Waals surface area contributed by atoms with Crippen LogP contribution in [0.1, 0.15) is 5.56 Å². The van der Waals surface area contributed by atoms with Crippen LogP contribution in [-0.4, -0.2) is 44.9 Å². The van der Waals surface area contributed by atoms with Crippen LogP contribution in [0.15, 0.2) is 47.5 Å². The van der Waals surface area contributed by atoms with Crippen LogP contribution in [-0.2, 0) is 4.79 Å². The van der Waals surface area contributed by atoms with Gasteiger partial charge in [-0.1, -0.05) is 6.07 Å². The standard InChI is InChI=1S/C18H15N7OS/c19-10-12-4-5-14-15(9-12)27-8-7-25(14)11-16(26)21-18-22-17(23-24-18)13-3-1-2-6-20-13/h1-6,9H,7-8,11H2,(H2,21,22,23,24,26). The van der Waals surface area contributed by atoms with Gasteiger partial charge in [0.1, 0.15) is 5.69 Å². The molecule has 1 amide bonds. The monoisotopic (exact) mass is 377 g/mol. The van der Waals surface area contributed by atoms with Gasteiger partial charge >= 0.3 is 0 Å². The Hall–Kier alpha value is -3.38. The van der Waals surface area contributed by atoms with Crippen molar-refractivity contribution in [2.45, 2.75) is 4.90 Å².